The van der Waals surface area contributed by atoms with Crippen LogP contribution >= 0.6 is 0 Å². The van der Waals surface area contributed by atoms with Crippen LogP contribution in [0.25, 0.3) is 0 Å². The minimum Gasteiger partial charge on any atom is -0.493 e. The van der Waals surface area contributed by atoms with Crippen LogP contribution in [-0.4, -0.2) is 42.0 Å². The lowest BCUT2D eigenvalue weighted by atomic mass is 9.98. The second kappa shape index (κ2) is 13.2. The second-order valence-electron chi connectivity index (χ2n) is 10.0. The minimum atomic E-state index is -0.369. The number of ether oxygens (including phenoxy) is 3. The molecule has 1 aliphatic rings. The van der Waals surface area contributed by atoms with Gasteiger partial charge in [-0.1, -0.05) is 36.4 Å². The third kappa shape index (κ3) is 6.85. The van der Waals surface area contributed by atoms with E-state index in [1.54, 1.807) is 33.5 Å². The smallest absolute Gasteiger partial charge is 0.233 e. The highest BCUT2D eigenvalue weighted by atomic mass is 19.1. The van der Waals surface area contributed by atoms with Crippen LogP contribution < -0.4 is 35.6 Å². The number of nitrogens with zero attached hydrogens (tertiary/aromatic N) is 4. The third-order valence-electron chi connectivity index (χ3n) is 7.06. The zero-order valence-corrected chi connectivity index (χ0v) is 24.8. The molecule has 0 radical (unpaired) electrons. The van der Waals surface area contributed by atoms with Gasteiger partial charge in [-0.15, -0.1) is 0 Å². The monoisotopic (exact) mass is 606 g/mol. The van der Waals surface area contributed by atoms with Gasteiger partial charge in [-0.05, 0) is 65.7 Å². The topological polar surface area (TPSA) is 127 Å². The Morgan fingerprint density at radius 1 is 0.667 bits per heavy atom. The fraction of sp³-hybridized carbons (Fsp3) is 0.152. The number of nitrogens with one attached hydrogen (secondary N) is 4. The van der Waals surface area contributed by atoms with Crippen LogP contribution in [-0.2, 0) is 0 Å². The average molecular weight is 607 g/mol. The van der Waals surface area contributed by atoms with Gasteiger partial charge in [-0.3, -0.25) is 0 Å². The molecule has 2 heterocycles. The van der Waals surface area contributed by atoms with E-state index < -0.39 is 0 Å². The molecule has 1 atom stereocenters. The van der Waals surface area contributed by atoms with Crippen LogP contribution in [0.4, 0.5) is 39.3 Å². The highest BCUT2D eigenvalue weighted by molar-refractivity contribution is 6.02. The summed E-state index contributed by atoms with van der Waals surface area (Å²) in [4.78, 5) is 13.5. The van der Waals surface area contributed by atoms with E-state index in [-0.39, 0.29) is 17.8 Å². The Labute approximate surface area is 259 Å². The summed E-state index contributed by atoms with van der Waals surface area (Å²) < 4.78 is 30.3. The van der Waals surface area contributed by atoms with E-state index in [4.69, 9.17) is 14.2 Å². The van der Waals surface area contributed by atoms with Crippen LogP contribution in [0.3, 0.4) is 0 Å². The molecule has 12 heteroatoms. The molecule has 0 bridgehead atoms. The van der Waals surface area contributed by atoms with Crippen molar-refractivity contribution in [1.29, 1.82) is 0 Å². The van der Waals surface area contributed by atoms with Gasteiger partial charge in [0.2, 0.25) is 23.6 Å². The Hall–Kier alpha value is -5.91. The van der Waals surface area contributed by atoms with E-state index in [1.165, 1.54) is 12.1 Å². The van der Waals surface area contributed by atoms with Crippen molar-refractivity contribution >= 4 is 40.6 Å². The highest BCUT2D eigenvalue weighted by Crippen LogP contribution is 2.41. The molecule has 0 spiro atoms. The number of para-hydroxylation sites is 1. The Morgan fingerprint density at radius 3 is 1.82 bits per heavy atom. The summed E-state index contributed by atoms with van der Waals surface area (Å²) in [6, 6.07) is 27.3. The summed E-state index contributed by atoms with van der Waals surface area (Å²) in [7, 11) is 4.78. The molecule has 0 saturated carbocycles. The molecular weight excluding hydrogens is 575 g/mol. The molecule has 1 unspecified atom stereocenters. The highest BCUT2D eigenvalue weighted by Gasteiger charge is 2.24. The van der Waals surface area contributed by atoms with Gasteiger partial charge < -0.3 is 35.6 Å². The third-order valence-corrected chi connectivity index (χ3v) is 7.06. The quantitative estimate of drug-likeness (QED) is 0.129. The first-order chi connectivity index (χ1) is 22.0. The molecule has 11 nitrogen and oxygen atoms in total. The van der Waals surface area contributed by atoms with Gasteiger partial charge >= 0.3 is 0 Å². The zero-order valence-electron chi connectivity index (χ0n) is 24.8. The summed E-state index contributed by atoms with van der Waals surface area (Å²) in [5.41, 5.74) is 8.17. The molecule has 4 N–H and O–H groups in total. The molecular formula is C33H31FN8O3. The van der Waals surface area contributed by atoms with Crippen LogP contribution in [0.1, 0.15) is 23.6 Å². The Kier molecular flexibility index (Phi) is 8.53. The first kappa shape index (κ1) is 29.2. The maximum absolute atomic E-state index is 13.8. The first-order valence-electron chi connectivity index (χ1n) is 14.1. The molecule has 1 aromatic heterocycles. The number of hydrogen-bond donors (Lipinski definition) is 4. The fourth-order valence-electron chi connectivity index (χ4n) is 4.88. The number of aromatic nitrogens is 3. The lowest BCUT2D eigenvalue weighted by molar-refractivity contribution is 0.323. The van der Waals surface area contributed by atoms with Crippen molar-refractivity contribution in [2.24, 2.45) is 5.10 Å². The van der Waals surface area contributed by atoms with E-state index >= 15 is 0 Å². The number of halogens is 1. The molecule has 0 saturated heterocycles. The summed E-state index contributed by atoms with van der Waals surface area (Å²) in [6.45, 7) is 0. The Balaban J connectivity index is 1.18. The van der Waals surface area contributed by atoms with E-state index in [9.17, 15) is 4.39 Å². The first-order valence-corrected chi connectivity index (χ1v) is 14.1. The lowest BCUT2D eigenvalue weighted by Gasteiger charge is -2.17. The average Bonchev–Trinajstić information content (AvgIpc) is 3.55. The normalized spacial score (nSPS) is 13.8. The molecule has 0 fully saturated rings. The standard InChI is InChI=1S/C33H31FN8O3/c1-43-28-16-21(17-29(44-2)30(28)45-3)27-19-26(41-42-27)20-12-14-24(15-13-20)36-32-38-31(35-23-9-5-4-6-10-23)39-33(40-32)37-25-11-7-8-22(34)18-25/h4-18,27,42H,19H2,1-3H3,(H3,35,36,37,38,39,40). The largest absolute Gasteiger partial charge is 0.493 e. The van der Waals surface area contributed by atoms with Crippen LogP contribution in [0.15, 0.2) is 96.1 Å². The van der Waals surface area contributed by atoms with Crippen molar-refractivity contribution in [3.63, 3.8) is 0 Å². The molecule has 0 amide bonds. The molecule has 228 valence electrons. The number of hydrogen-bond acceptors (Lipinski definition) is 11. The van der Waals surface area contributed by atoms with Crippen molar-refractivity contribution in [2.75, 3.05) is 37.3 Å². The molecule has 5 aromatic rings. The van der Waals surface area contributed by atoms with Gasteiger partial charge in [-0.25, -0.2) is 4.39 Å². The van der Waals surface area contributed by atoms with Gasteiger partial charge in [0.25, 0.3) is 0 Å². The van der Waals surface area contributed by atoms with Crippen LogP contribution in [0.2, 0.25) is 0 Å². The summed E-state index contributed by atoms with van der Waals surface area (Å²) in [6.07, 6.45) is 0.669. The van der Waals surface area contributed by atoms with Crippen molar-refractivity contribution < 1.29 is 18.6 Å². The maximum Gasteiger partial charge on any atom is 0.233 e. The second-order valence-corrected chi connectivity index (χ2v) is 10.0. The Morgan fingerprint density at radius 2 is 1.24 bits per heavy atom. The Bertz CT molecular complexity index is 1790. The van der Waals surface area contributed by atoms with Gasteiger partial charge in [-0.2, -0.15) is 20.1 Å². The van der Waals surface area contributed by atoms with Crippen LogP contribution in [0.5, 0.6) is 17.2 Å². The number of methoxy groups -OCH3 is 3. The van der Waals surface area contributed by atoms with Crippen molar-refractivity contribution in [3.05, 3.63) is 108 Å². The number of rotatable bonds is 11. The van der Waals surface area contributed by atoms with Gasteiger partial charge in [0.1, 0.15) is 5.82 Å². The van der Waals surface area contributed by atoms with E-state index in [1.807, 2.05) is 66.7 Å². The fourth-order valence-corrected chi connectivity index (χ4v) is 4.88. The zero-order chi connectivity index (χ0) is 31.2. The van der Waals surface area contributed by atoms with Crippen molar-refractivity contribution in [3.8, 4) is 17.2 Å². The maximum atomic E-state index is 13.8. The van der Waals surface area contributed by atoms with Gasteiger partial charge in [0.15, 0.2) is 11.5 Å². The van der Waals surface area contributed by atoms with E-state index in [0.29, 0.717) is 41.3 Å². The van der Waals surface area contributed by atoms with E-state index in [2.05, 4.69) is 41.4 Å². The summed E-state index contributed by atoms with van der Waals surface area (Å²) >= 11 is 0. The van der Waals surface area contributed by atoms with Gasteiger partial charge in [0, 0.05) is 23.5 Å². The summed E-state index contributed by atoms with van der Waals surface area (Å²) in [5, 5.41) is 14.1. The minimum absolute atomic E-state index is 0.0590. The number of anilines is 6. The SMILES string of the molecule is COc1cc(C2CC(c3ccc(Nc4nc(Nc5ccccc5)nc(Nc5cccc(F)c5)n4)cc3)=NN2)cc(OC)c1OC. The predicted octanol–water partition coefficient (Wildman–Crippen LogP) is 6.71. The van der Waals surface area contributed by atoms with E-state index in [0.717, 1.165) is 28.2 Å². The number of benzene rings is 4. The van der Waals surface area contributed by atoms with Crippen LogP contribution in [0, 0.1) is 5.82 Å². The number of hydrazone groups is 1. The van der Waals surface area contributed by atoms with Crippen molar-refractivity contribution in [2.45, 2.75) is 12.5 Å². The van der Waals surface area contributed by atoms with Gasteiger partial charge in [0.05, 0.1) is 33.1 Å². The molecule has 0 aliphatic carbocycles. The van der Waals surface area contributed by atoms with Crippen molar-refractivity contribution in [1.82, 2.24) is 20.4 Å². The lowest BCUT2D eigenvalue weighted by Crippen LogP contribution is -2.11. The molecule has 4 aromatic carbocycles. The summed E-state index contributed by atoms with van der Waals surface area (Å²) in [5.74, 6) is 2.23. The molecule has 45 heavy (non-hydrogen) atoms. The molecule has 6 rings (SSSR count). The predicted molar refractivity (Wildman–Crippen MR) is 172 cm³/mol. The molecule has 1 aliphatic heterocycles.